The van der Waals surface area contributed by atoms with Crippen molar-refractivity contribution in [3.63, 3.8) is 0 Å². The number of carbonyl (C=O) groups excluding carboxylic acids is 2. The zero-order valence-electron chi connectivity index (χ0n) is 11.4. The lowest BCUT2D eigenvalue weighted by atomic mass is 9.75. The van der Waals surface area contributed by atoms with Gasteiger partial charge in [-0.3, -0.25) is 9.59 Å². The summed E-state index contributed by atoms with van der Waals surface area (Å²) in [5, 5.41) is 29.9. The Hall–Kier alpha value is -2.43. The van der Waals surface area contributed by atoms with Crippen molar-refractivity contribution in [2.24, 2.45) is 5.73 Å². The molecule has 9 nitrogen and oxygen atoms in total. The summed E-state index contributed by atoms with van der Waals surface area (Å²) < 4.78 is 4.68. The van der Waals surface area contributed by atoms with Gasteiger partial charge >= 0.3 is 13.1 Å². The third-order valence-electron chi connectivity index (χ3n) is 2.82. The molecular weight excluding hydrogens is 295 g/mol. The Balaban J connectivity index is 3.13. The van der Waals surface area contributed by atoms with Gasteiger partial charge in [-0.25, -0.2) is 4.79 Å². The maximum atomic E-state index is 11.3. The van der Waals surface area contributed by atoms with Crippen molar-refractivity contribution in [2.45, 2.75) is 12.4 Å². The summed E-state index contributed by atoms with van der Waals surface area (Å²) in [5.41, 5.74) is 5.08. The van der Waals surface area contributed by atoms with Crippen LogP contribution in [0.2, 0.25) is 0 Å². The summed E-state index contributed by atoms with van der Waals surface area (Å²) in [6, 6.07) is 4.07. The minimum Gasteiger partial charge on any atom is -0.478 e. The molecule has 0 spiro atoms. The highest BCUT2D eigenvalue weighted by atomic mass is 16.5. The Labute approximate surface area is 125 Å². The number of amides is 1. The fourth-order valence-corrected chi connectivity index (χ4v) is 1.83. The highest BCUT2D eigenvalue weighted by molar-refractivity contribution is 6.43. The second-order valence-electron chi connectivity index (χ2n) is 4.31. The molecule has 1 aromatic carbocycles. The number of carboxylic acids is 1. The molecule has 0 unspecified atom stereocenters. The summed E-state index contributed by atoms with van der Waals surface area (Å²) >= 11 is 0. The van der Waals surface area contributed by atoms with Gasteiger partial charge in [0.25, 0.3) is 6.47 Å². The van der Waals surface area contributed by atoms with Crippen LogP contribution in [0, 0.1) is 0 Å². The molecule has 6 N–H and O–H groups in total. The summed E-state index contributed by atoms with van der Waals surface area (Å²) in [7, 11) is -1.91. The molecule has 0 radical (unpaired) electrons. The molecule has 0 saturated carbocycles. The first kappa shape index (κ1) is 17.6. The Morgan fingerprint density at radius 2 is 2.09 bits per heavy atom. The maximum Gasteiger partial charge on any atom is 0.475 e. The van der Waals surface area contributed by atoms with E-state index in [1.807, 2.05) is 0 Å². The van der Waals surface area contributed by atoms with Crippen LogP contribution >= 0.6 is 0 Å². The Bertz CT molecular complexity index is 564. The van der Waals surface area contributed by atoms with Gasteiger partial charge in [-0.2, -0.15) is 0 Å². The number of ether oxygens (including phenoxy) is 1. The fraction of sp³-hybridized carbons (Fsp3) is 0.250. The number of hydrogen-bond acceptors (Lipinski definition) is 7. The van der Waals surface area contributed by atoms with E-state index >= 15 is 0 Å². The SMILES string of the molecule is NCC(=O)N[C@@H](Cc1cccc(C(=O)O)c1OC=O)B(O)O. The second-order valence-corrected chi connectivity index (χ2v) is 4.31. The zero-order valence-corrected chi connectivity index (χ0v) is 11.4. The van der Waals surface area contributed by atoms with E-state index in [1.54, 1.807) is 0 Å². The number of nitrogens with one attached hydrogen (secondary N) is 1. The monoisotopic (exact) mass is 310 g/mol. The van der Waals surface area contributed by atoms with Crippen LogP contribution in [0.1, 0.15) is 15.9 Å². The standard InChI is InChI=1S/C12H15BN2O7/c14-5-10(17)15-9(13(20)21)4-7-2-1-3-8(12(18)19)11(7)22-6-16/h1-3,6,9,20-21H,4-5,14H2,(H,15,17)(H,18,19)/t9-/m0/s1. The van der Waals surface area contributed by atoms with E-state index in [0.717, 1.165) is 0 Å². The van der Waals surface area contributed by atoms with Crippen LogP contribution in [0.25, 0.3) is 0 Å². The molecule has 0 fully saturated rings. The Morgan fingerprint density at radius 1 is 1.41 bits per heavy atom. The fourth-order valence-electron chi connectivity index (χ4n) is 1.83. The molecule has 0 aromatic heterocycles. The molecule has 0 saturated heterocycles. The molecule has 0 bridgehead atoms. The lowest BCUT2D eigenvalue weighted by Gasteiger charge is -2.19. The third-order valence-corrected chi connectivity index (χ3v) is 2.82. The highest BCUT2D eigenvalue weighted by Crippen LogP contribution is 2.25. The molecule has 1 aromatic rings. The Morgan fingerprint density at radius 3 is 2.59 bits per heavy atom. The van der Waals surface area contributed by atoms with Crippen molar-refractivity contribution in [3.8, 4) is 5.75 Å². The van der Waals surface area contributed by atoms with Crippen LogP contribution in [0.4, 0.5) is 0 Å². The van der Waals surface area contributed by atoms with E-state index in [9.17, 15) is 24.4 Å². The van der Waals surface area contributed by atoms with Crippen molar-refractivity contribution in [1.29, 1.82) is 0 Å². The van der Waals surface area contributed by atoms with Crippen molar-refractivity contribution in [2.75, 3.05) is 6.54 Å². The molecule has 0 aliphatic carbocycles. The van der Waals surface area contributed by atoms with Gasteiger partial charge in [0, 0.05) is 0 Å². The predicted octanol–water partition coefficient (Wildman–Crippen LogP) is -2.08. The van der Waals surface area contributed by atoms with Crippen LogP contribution in [-0.4, -0.2) is 53.1 Å². The van der Waals surface area contributed by atoms with Gasteiger partial charge in [-0.05, 0) is 18.1 Å². The van der Waals surface area contributed by atoms with Crippen LogP contribution in [0.5, 0.6) is 5.75 Å². The van der Waals surface area contributed by atoms with E-state index in [-0.39, 0.29) is 36.3 Å². The average Bonchev–Trinajstić information content (AvgIpc) is 2.47. The molecule has 1 atom stereocenters. The second kappa shape index (κ2) is 8.12. The van der Waals surface area contributed by atoms with Crippen LogP contribution in [0.15, 0.2) is 18.2 Å². The molecule has 0 aliphatic heterocycles. The minimum atomic E-state index is -1.91. The molecule has 1 rings (SSSR count). The minimum absolute atomic E-state index is 0.0636. The maximum absolute atomic E-state index is 11.3. The third kappa shape index (κ3) is 4.55. The van der Waals surface area contributed by atoms with Crippen molar-refractivity contribution < 1.29 is 34.3 Å². The molecule has 22 heavy (non-hydrogen) atoms. The van der Waals surface area contributed by atoms with Crippen molar-refractivity contribution >= 4 is 25.5 Å². The zero-order chi connectivity index (χ0) is 16.7. The summed E-state index contributed by atoms with van der Waals surface area (Å²) in [4.78, 5) is 32.9. The van der Waals surface area contributed by atoms with Crippen LogP contribution in [0.3, 0.4) is 0 Å². The summed E-state index contributed by atoms with van der Waals surface area (Å²) in [5.74, 6) is -3.30. The number of para-hydroxylation sites is 1. The quantitative estimate of drug-likeness (QED) is 0.270. The van der Waals surface area contributed by atoms with Gasteiger partial charge in [-0.1, -0.05) is 12.1 Å². The van der Waals surface area contributed by atoms with E-state index in [4.69, 9.17) is 10.8 Å². The van der Waals surface area contributed by atoms with Crippen LogP contribution < -0.4 is 15.8 Å². The lowest BCUT2D eigenvalue weighted by molar-refractivity contribution is -0.121. The predicted molar refractivity (Wildman–Crippen MR) is 75.0 cm³/mol. The average molecular weight is 310 g/mol. The number of aromatic carboxylic acids is 1. The largest absolute Gasteiger partial charge is 0.478 e. The number of hydrogen-bond donors (Lipinski definition) is 5. The van der Waals surface area contributed by atoms with Crippen LogP contribution in [-0.2, 0) is 16.0 Å². The number of carboxylic acid groups (broad SMARTS) is 1. The van der Waals surface area contributed by atoms with E-state index in [1.165, 1.54) is 18.2 Å². The molecule has 0 aliphatic rings. The smallest absolute Gasteiger partial charge is 0.475 e. The highest BCUT2D eigenvalue weighted by Gasteiger charge is 2.27. The van der Waals surface area contributed by atoms with Crippen molar-refractivity contribution in [3.05, 3.63) is 29.3 Å². The molecule has 118 valence electrons. The Kier molecular flexibility index (Phi) is 6.51. The van der Waals surface area contributed by atoms with Gasteiger partial charge in [0.2, 0.25) is 5.91 Å². The number of carbonyl (C=O) groups is 3. The molecular formula is C12H15BN2O7. The number of rotatable bonds is 8. The van der Waals surface area contributed by atoms with Gasteiger partial charge < -0.3 is 30.9 Å². The molecule has 10 heteroatoms. The van der Waals surface area contributed by atoms with E-state index in [2.05, 4.69) is 10.1 Å². The first-order chi connectivity index (χ1) is 10.4. The summed E-state index contributed by atoms with van der Waals surface area (Å²) in [6.45, 7) is -0.288. The first-order valence-electron chi connectivity index (χ1n) is 6.21. The van der Waals surface area contributed by atoms with E-state index in [0.29, 0.717) is 0 Å². The number of benzene rings is 1. The van der Waals surface area contributed by atoms with Gasteiger partial charge in [0.15, 0.2) is 0 Å². The van der Waals surface area contributed by atoms with Gasteiger partial charge in [-0.15, -0.1) is 0 Å². The normalized spacial score (nSPS) is 11.4. The van der Waals surface area contributed by atoms with Gasteiger partial charge in [0.1, 0.15) is 11.3 Å². The molecule has 1 amide bonds. The molecule has 0 heterocycles. The lowest BCUT2D eigenvalue weighted by Crippen LogP contribution is -2.49. The topological polar surface area (TPSA) is 159 Å². The number of nitrogens with two attached hydrogens (primary N) is 1. The first-order valence-corrected chi connectivity index (χ1v) is 6.21. The summed E-state index contributed by atoms with van der Waals surface area (Å²) in [6.07, 6.45) is -0.173. The van der Waals surface area contributed by atoms with E-state index < -0.39 is 24.9 Å². The van der Waals surface area contributed by atoms with Crippen molar-refractivity contribution in [1.82, 2.24) is 5.32 Å². The van der Waals surface area contributed by atoms with Gasteiger partial charge in [0.05, 0.1) is 12.5 Å².